The summed E-state index contributed by atoms with van der Waals surface area (Å²) in [4.78, 5) is 16.1. The molecular weight excluding hydrogens is 1170 g/mol. The number of nitro benzene ring substituents is 1. The van der Waals surface area contributed by atoms with Crippen LogP contribution < -0.4 is 5.73 Å². The van der Waals surface area contributed by atoms with Crippen LogP contribution in [0, 0.1) is 10.1 Å². The number of hydrogen-bond acceptors (Lipinski definition) is 25. The van der Waals surface area contributed by atoms with Crippen molar-refractivity contribution in [2.75, 3.05) is 5.73 Å². The lowest BCUT2D eigenvalue weighted by atomic mass is 10.0. The summed E-state index contributed by atoms with van der Waals surface area (Å²) in [5, 5.41) is 82.3. The zero-order valence-corrected chi connectivity index (χ0v) is 42.9. The van der Waals surface area contributed by atoms with Crippen molar-refractivity contribution in [2.24, 2.45) is 40.9 Å². The van der Waals surface area contributed by atoms with E-state index in [0.717, 1.165) is 60.7 Å². The van der Waals surface area contributed by atoms with E-state index in [1.807, 2.05) is 0 Å². The molecule has 0 aromatic heterocycles. The molecule has 0 saturated carbocycles. The average Bonchev–Trinajstić information content (AvgIpc) is 3.50. The number of anilines is 1. The van der Waals surface area contributed by atoms with E-state index in [4.69, 9.17) is 5.73 Å². The molecule has 0 heterocycles. The summed E-state index contributed by atoms with van der Waals surface area (Å²) in [5.74, 6) is -4.68. The lowest BCUT2D eigenvalue weighted by Gasteiger charge is -2.14. The van der Waals surface area contributed by atoms with Crippen molar-refractivity contribution in [3.63, 3.8) is 0 Å². The summed E-state index contributed by atoms with van der Waals surface area (Å²) < 4.78 is 175. The van der Waals surface area contributed by atoms with E-state index in [-0.39, 0.29) is 44.2 Å². The Balaban J connectivity index is 1.23. The minimum Gasteiger partial charge on any atom is -0.505 e. The second kappa shape index (κ2) is 20.4. The van der Waals surface area contributed by atoms with Crippen molar-refractivity contribution in [1.29, 1.82) is 0 Å². The highest BCUT2D eigenvalue weighted by molar-refractivity contribution is 7.87. The van der Waals surface area contributed by atoms with Gasteiger partial charge in [-0.3, -0.25) is 32.9 Å². The monoisotopic (exact) mass is 1200 g/mol. The van der Waals surface area contributed by atoms with Crippen LogP contribution in [0.2, 0.25) is 0 Å². The number of aromatic hydroxyl groups is 3. The number of phenolic OH excluding ortho intramolecular Hbond substituents is 3. The smallest absolute Gasteiger partial charge is 0.337 e. The maximum atomic E-state index is 12.8. The van der Waals surface area contributed by atoms with E-state index < -0.39 is 154 Å². The number of carboxylic acids is 1. The van der Waals surface area contributed by atoms with Crippen molar-refractivity contribution in [2.45, 2.75) is 24.5 Å². The Bertz CT molecular complexity index is 4810. The first-order valence-corrected chi connectivity index (χ1v) is 28.2. The van der Waals surface area contributed by atoms with Crippen LogP contribution in [0.15, 0.2) is 169 Å². The van der Waals surface area contributed by atoms with Gasteiger partial charge in [-0.15, -0.1) is 30.7 Å². The first kappa shape index (κ1) is 56.8. The molecule has 8 rings (SSSR count). The second-order valence-corrected chi connectivity index (χ2v) is 23.1. The lowest BCUT2D eigenvalue weighted by Crippen LogP contribution is -2.03. The molecular formula is C43H28N10O22S5. The van der Waals surface area contributed by atoms with Crippen molar-refractivity contribution < 1.29 is 95.0 Å². The van der Waals surface area contributed by atoms with Gasteiger partial charge in [0.2, 0.25) is 0 Å². The number of fused-ring (bicyclic) bond motifs is 3. The molecule has 11 N–H and O–H groups in total. The Kier molecular flexibility index (Phi) is 14.5. The number of azo groups is 4. The highest BCUT2D eigenvalue weighted by Gasteiger charge is 2.30. The summed E-state index contributed by atoms with van der Waals surface area (Å²) >= 11 is 0. The van der Waals surface area contributed by atoms with Crippen molar-refractivity contribution in [3.05, 3.63) is 119 Å². The van der Waals surface area contributed by atoms with Gasteiger partial charge in [0.15, 0.2) is 17.2 Å². The minimum atomic E-state index is -5.46. The quantitative estimate of drug-likeness (QED) is 0.0150. The molecule has 80 heavy (non-hydrogen) atoms. The predicted octanol–water partition coefficient (Wildman–Crippen LogP) is 9.35. The largest absolute Gasteiger partial charge is 0.505 e. The van der Waals surface area contributed by atoms with Crippen LogP contribution in [0.25, 0.3) is 32.3 Å². The molecule has 0 aliphatic heterocycles. The molecule has 0 bridgehead atoms. The summed E-state index contributed by atoms with van der Waals surface area (Å²) in [7, 11) is -26.7. The minimum absolute atomic E-state index is 0.174. The van der Waals surface area contributed by atoms with Gasteiger partial charge in [-0.05, 0) is 89.0 Å². The van der Waals surface area contributed by atoms with Crippen LogP contribution in [-0.4, -0.2) is 96.2 Å². The number of nitrogens with two attached hydrogens (primary N) is 1. The van der Waals surface area contributed by atoms with Crippen LogP contribution in [0.1, 0.15) is 10.4 Å². The van der Waals surface area contributed by atoms with Crippen molar-refractivity contribution >= 4 is 146 Å². The molecule has 412 valence electrons. The number of carboxylic acid groups (broad SMARTS) is 1. The van der Waals surface area contributed by atoms with E-state index in [0.29, 0.717) is 24.3 Å². The number of non-ortho nitro benzene ring substituents is 1. The number of benzene rings is 8. The molecule has 8 aromatic rings. The van der Waals surface area contributed by atoms with Gasteiger partial charge in [-0.25, -0.2) is 4.79 Å². The maximum absolute atomic E-state index is 12.8. The second-order valence-electron chi connectivity index (χ2n) is 16.2. The topological polar surface area (TPSA) is 538 Å². The number of carbonyl (C=O) groups is 1. The number of rotatable bonds is 15. The zero-order chi connectivity index (χ0) is 58.8. The Morgan fingerprint density at radius 3 is 1.45 bits per heavy atom. The number of phenols is 3. The molecule has 0 unspecified atom stereocenters. The maximum Gasteiger partial charge on any atom is 0.337 e. The van der Waals surface area contributed by atoms with Crippen molar-refractivity contribution in [1.82, 2.24) is 0 Å². The standard InChI is InChI=1S/C43H28N10O22S5/c44-35-34-20(15-33(80(73,74)75)39(42(34)56)50-45-21-7-9-24-19(11-21)13-32(79(70,71)72)37(40(24)54)51-47-27-4-2-1-3-25(27)43(57)58)14-30(77(64,65)66)36(35)49-46-22-6-5-18-12-31(78(67,68)69)38(41(55)26(18)16-22)52-48-28-10-8-23(53(59)60)17-29(28)76(61,62)63/h1-17,54-56H,44H2,(H,57,58)(H,61,62,63)(H,64,65,66)(H,67,68,69)(H,70,71,72)(H,73,74,75). The third-order valence-electron chi connectivity index (χ3n) is 11.1. The molecule has 8 aromatic carbocycles. The fourth-order valence-corrected chi connectivity index (χ4v) is 10.8. The molecule has 0 atom stereocenters. The van der Waals surface area contributed by atoms with E-state index >= 15 is 0 Å². The molecule has 37 heteroatoms. The Morgan fingerprint density at radius 2 is 0.900 bits per heavy atom. The number of nitro groups is 1. The molecule has 0 fully saturated rings. The van der Waals surface area contributed by atoms with Crippen LogP contribution in [0.4, 0.5) is 56.9 Å². The summed E-state index contributed by atoms with van der Waals surface area (Å²) in [5.41, 5.74) is -1.44. The molecule has 0 aliphatic rings. The number of nitrogens with zero attached hydrogens (tertiary/aromatic N) is 9. The summed E-state index contributed by atoms with van der Waals surface area (Å²) in [6.45, 7) is 0. The SMILES string of the molecule is Nc1c(N=Nc2ccc3cc(S(=O)(=O)O)c(N=Nc4ccc([N+](=O)[O-])cc4S(=O)(=O)O)c(O)c3c2)c(S(=O)(=O)O)cc2cc(S(=O)(=O)O)c(N=Nc3ccc4c(O)c(N=Nc5ccccc5C(=O)O)c(S(=O)(=O)O)cc4c3)c(O)c12. The van der Waals surface area contributed by atoms with Crippen molar-refractivity contribution in [3.8, 4) is 17.2 Å². The molecule has 32 nitrogen and oxygen atoms in total. The zero-order valence-electron chi connectivity index (χ0n) is 38.8. The first-order chi connectivity index (χ1) is 37.1. The molecule has 0 saturated heterocycles. The lowest BCUT2D eigenvalue weighted by molar-refractivity contribution is -0.385. The Hall–Kier alpha value is -9.44. The number of nitrogen functional groups attached to an aromatic ring is 1. The molecule has 0 aliphatic carbocycles. The summed E-state index contributed by atoms with van der Waals surface area (Å²) in [6, 6.07) is 15.9. The third-order valence-corrected chi connectivity index (χ3v) is 15.5. The van der Waals surface area contributed by atoms with Gasteiger partial charge >= 0.3 is 5.97 Å². The highest BCUT2D eigenvalue weighted by Crippen LogP contribution is 2.50. The molecule has 0 amide bonds. The highest BCUT2D eigenvalue weighted by atomic mass is 32.2. The van der Waals surface area contributed by atoms with Crippen LogP contribution >= 0.6 is 0 Å². The number of hydrogen-bond donors (Lipinski definition) is 10. The van der Waals surface area contributed by atoms with Gasteiger partial charge in [0.05, 0.1) is 32.9 Å². The van der Waals surface area contributed by atoms with Gasteiger partial charge in [-0.1, -0.05) is 18.2 Å². The van der Waals surface area contributed by atoms with E-state index in [2.05, 4.69) is 40.9 Å². The average molecular weight is 1200 g/mol. The normalized spacial score (nSPS) is 13.0. The van der Waals surface area contributed by atoms with E-state index in [9.17, 15) is 100 Å². The van der Waals surface area contributed by atoms with Crippen LogP contribution in [-0.2, 0) is 50.6 Å². The number of aromatic carboxylic acids is 1. The fraction of sp³-hybridized carbons (Fsp3) is 0. The first-order valence-electron chi connectivity index (χ1n) is 21.0. The fourth-order valence-electron chi connectivity index (χ4n) is 7.55. The van der Waals surface area contributed by atoms with Crippen LogP contribution in [0.3, 0.4) is 0 Å². The molecule has 0 radical (unpaired) electrons. The molecule has 0 spiro atoms. The summed E-state index contributed by atoms with van der Waals surface area (Å²) in [6.07, 6.45) is 0. The van der Waals surface area contributed by atoms with Gasteiger partial charge in [0, 0.05) is 22.9 Å². The van der Waals surface area contributed by atoms with Gasteiger partial charge in [0.25, 0.3) is 56.3 Å². The van der Waals surface area contributed by atoms with E-state index in [1.54, 1.807) is 0 Å². The Morgan fingerprint density at radius 1 is 0.450 bits per heavy atom. The predicted molar refractivity (Wildman–Crippen MR) is 274 cm³/mol. The van der Waals surface area contributed by atoms with Gasteiger partial charge in [-0.2, -0.15) is 52.3 Å². The van der Waals surface area contributed by atoms with Gasteiger partial charge in [0.1, 0.15) is 58.6 Å². The van der Waals surface area contributed by atoms with Gasteiger partial charge < -0.3 is 26.2 Å². The third kappa shape index (κ3) is 11.3. The van der Waals surface area contributed by atoms with Crippen LogP contribution in [0.5, 0.6) is 17.2 Å². The van der Waals surface area contributed by atoms with E-state index in [1.165, 1.54) is 18.2 Å². The Labute approximate surface area is 445 Å².